The van der Waals surface area contributed by atoms with E-state index in [4.69, 9.17) is 0 Å². The van der Waals surface area contributed by atoms with Crippen LogP contribution in [-0.2, 0) is 0 Å². The first-order valence-corrected chi connectivity index (χ1v) is 12.6. The Bertz CT molecular complexity index is 772. The third kappa shape index (κ3) is 5.08. The zero-order valence-electron chi connectivity index (χ0n) is 17.0. The first kappa shape index (κ1) is 22.0. The third-order valence-electron chi connectivity index (χ3n) is 6.03. The van der Waals surface area contributed by atoms with E-state index in [9.17, 15) is 0 Å². The largest absolute Gasteiger partial charge is 1.00 e. The Balaban J connectivity index is 0.00000240. The van der Waals surface area contributed by atoms with E-state index in [1.807, 2.05) is 0 Å². The Morgan fingerprint density at radius 3 is 1.45 bits per heavy atom. The molecule has 0 amide bonds. The van der Waals surface area contributed by atoms with E-state index in [2.05, 4.69) is 103 Å². The molecule has 0 N–H and O–H groups in total. The molecule has 1 aliphatic carbocycles. The van der Waals surface area contributed by atoms with E-state index in [0.29, 0.717) is 0 Å². The van der Waals surface area contributed by atoms with Crippen molar-refractivity contribution in [2.45, 2.75) is 32.1 Å². The molecule has 0 radical (unpaired) electrons. The van der Waals surface area contributed by atoms with Gasteiger partial charge in [0.25, 0.3) is 0 Å². The lowest BCUT2D eigenvalue weighted by Gasteiger charge is -2.27. The van der Waals surface area contributed by atoms with Gasteiger partial charge in [0.05, 0.1) is 6.16 Å². The van der Waals surface area contributed by atoms with E-state index >= 15 is 0 Å². The maximum Gasteiger partial charge on any atom is 0.115 e. The topological polar surface area (TPSA) is 0 Å². The molecule has 0 unspecified atom stereocenters. The molecule has 4 rings (SSSR count). The van der Waals surface area contributed by atoms with Crippen LogP contribution in [0, 0.1) is 5.92 Å². The first-order chi connectivity index (χ1) is 13.9. The Morgan fingerprint density at radius 2 is 1.03 bits per heavy atom. The van der Waals surface area contributed by atoms with Gasteiger partial charge in [-0.15, -0.1) is 0 Å². The normalized spacial score (nSPS) is 15.2. The van der Waals surface area contributed by atoms with Gasteiger partial charge in [-0.1, -0.05) is 86.0 Å². The van der Waals surface area contributed by atoms with Gasteiger partial charge in [-0.25, -0.2) is 0 Å². The molecule has 0 spiro atoms. The summed E-state index contributed by atoms with van der Waals surface area (Å²) in [6, 6.07) is 33.6. The highest BCUT2D eigenvalue weighted by molar-refractivity contribution is 7.95. The molecular weight excluding hydrogens is 435 g/mol. The number of benzene rings is 3. The molecule has 3 aromatic rings. The summed E-state index contributed by atoms with van der Waals surface area (Å²) in [7, 11) is -1.71. The first-order valence-electron chi connectivity index (χ1n) is 10.6. The lowest BCUT2D eigenvalue weighted by atomic mass is 9.89. The molecule has 1 aliphatic rings. The van der Waals surface area contributed by atoms with E-state index in [-0.39, 0.29) is 17.0 Å². The van der Waals surface area contributed by atoms with Crippen molar-refractivity contribution in [3.63, 3.8) is 0 Å². The Labute approximate surface area is 187 Å². The molecule has 0 nitrogen and oxygen atoms in total. The summed E-state index contributed by atoms with van der Waals surface area (Å²) in [5, 5.41) is 4.42. The molecule has 29 heavy (non-hydrogen) atoms. The molecule has 0 bridgehead atoms. The van der Waals surface area contributed by atoms with E-state index in [1.54, 1.807) is 0 Å². The van der Waals surface area contributed by atoms with Crippen molar-refractivity contribution < 1.29 is 17.0 Å². The van der Waals surface area contributed by atoms with Gasteiger partial charge >= 0.3 is 0 Å². The molecule has 150 valence electrons. The van der Waals surface area contributed by atoms with Crippen LogP contribution in [0.3, 0.4) is 0 Å². The fraction of sp³-hybridized carbons (Fsp3) is 0.259. The highest BCUT2D eigenvalue weighted by Gasteiger charge is 2.44. The summed E-state index contributed by atoms with van der Waals surface area (Å²) < 4.78 is 0. The van der Waals surface area contributed by atoms with E-state index in [1.165, 1.54) is 48.0 Å². The van der Waals surface area contributed by atoms with Crippen LogP contribution in [-0.4, -0.2) is 6.16 Å². The number of hydrogen-bond acceptors (Lipinski definition) is 0. The second kappa shape index (κ2) is 10.9. The summed E-state index contributed by atoms with van der Waals surface area (Å²) in [6.07, 6.45) is 13.1. The second-order valence-electron chi connectivity index (χ2n) is 7.83. The molecule has 0 saturated heterocycles. The van der Waals surface area contributed by atoms with Gasteiger partial charge in [0.1, 0.15) is 23.2 Å². The van der Waals surface area contributed by atoms with Gasteiger partial charge in [0, 0.05) is 0 Å². The van der Waals surface area contributed by atoms with Crippen LogP contribution in [0.15, 0.2) is 103 Å². The molecule has 0 aliphatic heterocycles. The summed E-state index contributed by atoms with van der Waals surface area (Å²) in [6.45, 7) is 0. The lowest BCUT2D eigenvalue weighted by Crippen LogP contribution is -3.00. The molecule has 1 saturated carbocycles. The van der Waals surface area contributed by atoms with Crippen LogP contribution in [0.5, 0.6) is 0 Å². The lowest BCUT2D eigenvalue weighted by molar-refractivity contribution is -0.00000550. The van der Waals surface area contributed by atoms with Gasteiger partial charge in [-0.2, -0.15) is 0 Å². The number of hydrogen-bond donors (Lipinski definition) is 0. The molecule has 3 aromatic carbocycles. The van der Waals surface area contributed by atoms with E-state index in [0.717, 1.165) is 12.1 Å². The van der Waals surface area contributed by atoms with Crippen molar-refractivity contribution in [3.05, 3.63) is 103 Å². The van der Waals surface area contributed by atoms with Crippen molar-refractivity contribution >= 4 is 23.2 Å². The molecule has 0 aromatic heterocycles. The van der Waals surface area contributed by atoms with E-state index < -0.39 is 7.26 Å². The SMILES string of the molecule is C(=CC1CCCCC1)C[P+](c1ccccc1)(c1ccccc1)c1ccccc1.[Br-]. The summed E-state index contributed by atoms with van der Waals surface area (Å²) in [5.74, 6) is 0.776. The van der Waals surface area contributed by atoms with Crippen LogP contribution in [0.2, 0.25) is 0 Å². The minimum atomic E-state index is -1.71. The van der Waals surface area contributed by atoms with Gasteiger partial charge in [-0.05, 0) is 55.2 Å². The van der Waals surface area contributed by atoms with Crippen molar-refractivity contribution in [1.82, 2.24) is 0 Å². The quantitative estimate of drug-likeness (QED) is 0.388. The fourth-order valence-corrected chi connectivity index (χ4v) is 8.56. The van der Waals surface area contributed by atoms with Crippen molar-refractivity contribution in [3.8, 4) is 0 Å². The fourth-order valence-electron chi connectivity index (χ4n) is 4.55. The smallest absolute Gasteiger partial charge is 0.115 e. The predicted octanol–water partition coefficient (Wildman–Crippen LogP) is 3.12. The standard InChI is InChI=1S/C27H30P.BrH/c1-5-14-24(15-6-1)16-13-23-28(25-17-7-2-8-18-25,26-19-9-3-10-20-26)27-21-11-4-12-22-27;/h2-4,7-13,16-22,24H,1,5-6,14-15,23H2;1H/q+1;/p-1. The number of allylic oxidation sites excluding steroid dienone is 2. The number of halogens is 1. The summed E-state index contributed by atoms with van der Waals surface area (Å²) >= 11 is 0. The maximum absolute atomic E-state index is 2.53. The van der Waals surface area contributed by atoms with Gasteiger partial charge in [0.15, 0.2) is 0 Å². The Kier molecular flexibility index (Phi) is 8.28. The summed E-state index contributed by atoms with van der Waals surface area (Å²) in [4.78, 5) is 0. The second-order valence-corrected chi connectivity index (χ2v) is 11.4. The van der Waals surface area contributed by atoms with Gasteiger partial charge in [-0.3, -0.25) is 0 Å². The van der Waals surface area contributed by atoms with Crippen LogP contribution < -0.4 is 32.9 Å². The maximum atomic E-state index is 2.53. The average Bonchev–Trinajstić information content (AvgIpc) is 2.79. The minimum Gasteiger partial charge on any atom is -1.00 e. The van der Waals surface area contributed by atoms with Crippen LogP contribution in [0.4, 0.5) is 0 Å². The highest BCUT2D eigenvalue weighted by Crippen LogP contribution is 2.55. The van der Waals surface area contributed by atoms with Crippen LogP contribution in [0.1, 0.15) is 32.1 Å². The van der Waals surface area contributed by atoms with Crippen molar-refractivity contribution in [2.75, 3.05) is 6.16 Å². The molecule has 1 fully saturated rings. The number of rotatable bonds is 6. The zero-order valence-corrected chi connectivity index (χ0v) is 19.4. The molecule has 0 heterocycles. The minimum absolute atomic E-state index is 0. The molecular formula is C27H30BrP. The van der Waals surface area contributed by atoms with Crippen molar-refractivity contribution in [2.24, 2.45) is 5.92 Å². The Morgan fingerprint density at radius 1 is 0.621 bits per heavy atom. The summed E-state index contributed by atoms with van der Waals surface area (Å²) in [5.41, 5.74) is 0. The molecule has 0 atom stereocenters. The monoisotopic (exact) mass is 464 g/mol. The average molecular weight is 465 g/mol. The van der Waals surface area contributed by atoms with Crippen LogP contribution >= 0.6 is 7.26 Å². The highest BCUT2D eigenvalue weighted by atomic mass is 79.9. The predicted molar refractivity (Wildman–Crippen MR) is 126 cm³/mol. The Hall–Kier alpha value is -1.69. The third-order valence-corrected chi connectivity index (χ3v) is 10.3. The van der Waals surface area contributed by atoms with Crippen LogP contribution in [0.25, 0.3) is 0 Å². The van der Waals surface area contributed by atoms with Gasteiger partial charge in [0.2, 0.25) is 0 Å². The van der Waals surface area contributed by atoms with Crippen molar-refractivity contribution in [1.29, 1.82) is 0 Å². The molecule has 2 heteroatoms. The van der Waals surface area contributed by atoms with Gasteiger partial charge < -0.3 is 17.0 Å². The zero-order chi connectivity index (χ0) is 19.1.